The maximum Gasteiger partial charge on any atom is 0.321 e. The van der Waals surface area contributed by atoms with E-state index in [1.165, 1.54) is 4.90 Å². The van der Waals surface area contributed by atoms with E-state index in [1.807, 2.05) is 18.2 Å². The van der Waals surface area contributed by atoms with Gasteiger partial charge < -0.3 is 20.1 Å². The average Bonchev–Trinajstić information content (AvgIpc) is 2.59. The third-order valence-electron chi connectivity index (χ3n) is 3.28. The number of anilines is 1. The minimum absolute atomic E-state index is 0.0474. The Balaban J connectivity index is 1.93. The van der Waals surface area contributed by atoms with Crippen LogP contribution in [0.4, 0.5) is 10.5 Å². The summed E-state index contributed by atoms with van der Waals surface area (Å²) in [5.74, 6) is 0.522. The molecule has 7 heteroatoms. The van der Waals surface area contributed by atoms with Crippen molar-refractivity contribution in [2.24, 2.45) is 0 Å². The molecule has 1 heterocycles. The first-order chi connectivity index (χ1) is 11.6. The number of amides is 2. The summed E-state index contributed by atoms with van der Waals surface area (Å²) < 4.78 is 5.64. The number of nitrogens with zero attached hydrogens (tertiary/aromatic N) is 2. The van der Waals surface area contributed by atoms with Crippen molar-refractivity contribution in [3.05, 3.63) is 53.3 Å². The molecule has 1 aromatic carbocycles. The number of halogens is 1. The predicted molar refractivity (Wildman–Crippen MR) is 93.4 cm³/mol. The number of carbonyl (C=O) groups excluding carboxylic acids is 1. The molecule has 0 radical (unpaired) electrons. The van der Waals surface area contributed by atoms with E-state index < -0.39 is 0 Å². The lowest BCUT2D eigenvalue weighted by Gasteiger charge is -2.17. The number of urea groups is 1. The normalized spacial score (nSPS) is 10.3. The van der Waals surface area contributed by atoms with Gasteiger partial charge in [-0.25, -0.2) is 4.79 Å². The van der Waals surface area contributed by atoms with Crippen LogP contribution in [0.15, 0.2) is 42.6 Å². The lowest BCUT2D eigenvalue weighted by Crippen LogP contribution is -2.32. The molecule has 2 N–H and O–H groups in total. The van der Waals surface area contributed by atoms with Crippen LogP contribution < -0.4 is 10.1 Å². The lowest BCUT2D eigenvalue weighted by molar-refractivity contribution is 0.214. The molecular formula is C17H20ClN3O3. The first-order valence-corrected chi connectivity index (χ1v) is 7.93. The summed E-state index contributed by atoms with van der Waals surface area (Å²) in [5, 5.41) is 11.9. The Labute approximate surface area is 146 Å². The highest BCUT2D eigenvalue weighted by atomic mass is 35.5. The van der Waals surface area contributed by atoms with E-state index in [-0.39, 0.29) is 12.6 Å². The van der Waals surface area contributed by atoms with E-state index in [2.05, 4.69) is 10.3 Å². The summed E-state index contributed by atoms with van der Waals surface area (Å²) in [6.07, 6.45) is 2.23. The summed E-state index contributed by atoms with van der Waals surface area (Å²) in [6.45, 7) is 0.837. The molecule has 24 heavy (non-hydrogen) atoms. The van der Waals surface area contributed by atoms with E-state index in [4.69, 9.17) is 21.4 Å². The summed E-state index contributed by atoms with van der Waals surface area (Å²) in [4.78, 5) is 17.6. The van der Waals surface area contributed by atoms with Crippen molar-refractivity contribution in [2.45, 2.75) is 13.0 Å². The number of aliphatic hydroxyl groups excluding tert-OH is 1. The van der Waals surface area contributed by atoms with E-state index >= 15 is 0 Å². The van der Waals surface area contributed by atoms with Gasteiger partial charge in [0, 0.05) is 32.1 Å². The number of hydrogen-bond acceptors (Lipinski definition) is 4. The van der Waals surface area contributed by atoms with Crippen molar-refractivity contribution in [1.82, 2.24) is 9.88 Å². The Hall–Kier alpha value is -2.31. The van der Waals surface area contributed by atoms with Gasteiger partial charge >= 0.3 is 6.03 Å². The summed E-state index contributed by atoms with van der Waals surface area (Å²) in [7, 11) is 1.66. The van der Waals surface area contributed by atoms with Gasteiger partial charge in [-0.1, -0.05) is 17.7 Å². The first-order valence-electron chi connectivity index (χ1n) is 7.55. The smallest absolute Gasteiger partial charge is 0.321 e. The number of benzene rings is 1. The number of hydrogen-bond donors (Lipinski definition) is 2. The second kappa shape index (κ2) is 9.10. The molecule has 0 fully saturated rings. The third kappa shape index (κ3) is 5.40. The largest absolute Gasteiger partial charge is 0.486 e. The van der Waals surface area contributed by atoms with Gasteiger partial charge in [0.05, 0.1) is 10.7 Å². The molecule has 0 bridgehead atoms. The Morgan fingerprint density at radius 3 is 2.88 bits per heavy atom. The summed E-state index contributed by atoms with van der Waals surface area (Å²) >= 11 is 6.20. The summed E-state index contributed by atoms with van der Waals surface area (Å²) in [5.41, 5.74) is 1.38. The molecular weight excluding hydrogens is 330 g/mol. The van der Waals surface area contributed by atoms with E-state index in [9.17, 15) is 4.79 Å². The SMILES string of the molecule is CN(CCCO)C(=O)Nc1ccc(OCc2ccccn2)c(Cl)c1. The Bertz CT molecular complexity index is 667. The van der Waals surface area contributed by atoms with Crippen LogP contribution in [-0.2, 0) is 6.61 Å². The molecule has 0 unspecified atom stereocenters. The molecule has 2 aromatic rings. The minimum atomic E-state index is -0.262. The second-order valence-corrected chi connectivity index (χ2v) is 5.59. The van der Waals surface area contributed by atoms with Gasteiger partial charge in [0.1, 0.15) is 12.4 Å². The molecule has 0 atom stereocenters. The zero-order valence-corrected chi connectivity index (χ0v) is 14.2. The standard InChI is InChI=1S/C17H20ClN3O3/c1-21(9-4-10-22)17(23)20-13-6-7-16(15(18)11-13)24-12-14-5-2-3-8-19-14/h2-3,5-8,11,22H,4,9-10,12H2,1H3,(H,20,23). The van der Waals surface area contributed by atoms with Crippen LogP contribution in [0.1, 0.15) is 12.1 Å². The molecule has 6 nitrogen and oxygen atoms in total. The van der Waals surface area contributed by atoms with Crippen LogP contribution >= 0.6 is 11.6 Å². The van der Waals surface area contributed by atoms with Crippen molar-refractivity contribution in [3.8, 4) is 5.75 Å². The van der Waals surface area contributed by atoms with Crippen molar-refractivity contribution >= 4 is 23.3 Å². The van der Waals surface area contributed by atoms with E-state index in [0.717, 1.165) is 5.69 Å². The summed E-state index contributed by atoms with van der Waals surface area (Å²) in [6, 6.07) is 10.4. The number of aliphatic hydroxyl groups is 1. The highest BCUT2D eigenvalue weighted by molar-refractivity contribution is 6.32. The van der Waals surface area contributed by atoms with Gasteiger partial charge in [0.25, 0.3) is 0 Å². The monoisotopic (exact) mass is 349 g/mol. The highest BCUT2D eigenvalue weighted by Crippen LogP contribution is 2.28. The molecule has 0 saturated heterocycles. The number of nitrogens with one attached hydrogen (secondary N) is 1. The maximum absolute atomic E-state index is 12.0. The van der Waals surface area contributed by atoms with E-state index in [0.29, 0.717) is 36.0 Å². The van der Waals surface area contributed by atoms with Crippen LogP contribution in [0.5, 0.6) is 5.75 Å². The van der Waals surface area contributed by atoms with Crippen LogP contribution in [-0.4, -0.2) is 41.2 Å². The van der Waals surface area contributed by atoms with Crippen molar-refractivity contribution < 1.29 is 14.6 Å². The van der Waals surface area contributed by atoms with Gasteiger partial charge in [-0.2, -0.15) is 0 Å². The highest BCUT2D eigenvalue weighted by Gasteiger charge is 2.10. The van der Waals surface area contributed by atoms with Gasteiger partial charge in [0.15, 0.2) is 0 Å². The fourth-order valence-electron chi connectivity index (χ4n) is 1.96. The predicted octanol–water partition coefficient (Wildman–Crippen LogP) is 3.16. The molecule has 2 amide bonds. The fraction of sp³-hybridized carbons (Fsp3) is 0.294. The molecule has 128 valence electrons. The molecule has 2 rings (SSSR count). The lowest BCUT2D eigenvalue weighted by atomic mass is 10.3. The van der Waals surface area contributed by atoms with Gasteiger partial charge in [-0.3, -0.25) is 4.98 Å². The second-order valence-electron chi connectivity index (χ2n) is 5.18. The van der Waals surface area contributed by atoms with Crippen molar-refractivity contribution in [2.75, 3.05) is 25.5 Å². The number of pyridine rings is 1. The van der Waals surface area contributed by atoms with Gasteiger partial charge in [-0.05, 0) is 36.8 Å². The zero-order valence-electron chi connectivity index (χ0n) is 13.4. The zero-order chi connectivity index (χ0) is 17.4. The van der Waals surface area contributed by atoms with Crippen molar-refractivity contribution in [1.29, 1.82) is 0 Å². The van der Waals surface area contributed by atoms with Crippen LogP contribution in [0, 0.1) is 0 Å². The third-order valence-corrected chi connectivity index (χ3v) is 3.58. The number of rotatable bonds is 7. The first kappa shape index (κ1) is 18.0. The van der Waals surface area contributed by atoms with Gasteiger partial charge in [-0.15, -0.1) is 0 Å². The molecule has 0 spiro atoms. The number of aromatic nitrogens is 1. The van der Waals surface area contributed by atoms with Crippen LogP contribution in [0.3, 0.4) is 0 Å². The molecule has 0 aliphatic rings. The maximum atomic E-state index is 12.0. The average molecular weight is 350 g/mol. The Kier molecular flexibility index (Phi) is 6.84. The quantitative estimate of drug-likeness (QED) is 0.805. The minimum Gasteiger partial charge on any atom is -0.486 e. The van der Waals surface area contributed by atoms with Crippen LogP contribution in [0.25, 0.3) is 0 Å². The molecule has 0 aliphatic heterocycles. The molecule has 0 saturated carbocycles. The topological polar surface area (TPSA) is 74.7 Å². The Morgan fingerprint density at radius 1 is 1.38 bits per heavy atom. The number of ether oxygens (including phenoxy) is 1. The van der Waals surface area contributed by atoms with Gasteiger partial charge in [0.2, 0.25) is 0 Å². The molecule has 0 aliphatic carbocycles. The molecule has 1 aromatic heterocycles. The van der Waals surface area contributed by atoms with Crippen molar-refractivity contribution in [3.63, 3.8) is 0 Å². The van der Waals surface area contributed by atoms with E-state index in [1.54, 1.807) is 31.4 Å². The Morgan fingerprint density at radius 2 is 2.21 bits per heavy atom. The number of carbonyl (C=O) groups is 1. The van der Waals surface area contributed by atoms with Crippen LogP contribution in [0.2, 0.25) is 5.02 Å². The fourth-order valence-corrected chi connectivity index (χ4v) is 2.19.